The van der Waals surface area contributed by atoms with Gasteiger partial charge in [0.15, 0.2) is 0 Å². The molecule has 2 heterocycles. The minimum Gasteiger partial charge on any atom is -0.319 e. The molecule has 0 fully saturated rings. The van der Waals surface area contributed by atoms with Crippen LogP contribution in [0.3, 0.4) is 0 Å². The number of imidazole rings is 1. The van der Waals surface area contributed by atoms with Crippen LogP contribution in [-0.4, -0.2) is 16.3 Å². The zero-order chi connectivity index (χ0) is 13.2. The predicted molar refractivity (Wildman–Crippen MR) is 78.2 cm³/mol. The first-order valence-corrected chi connectivity index (χ1v) is 6.26. The molecule has 0 spiro atoms. The number of nitrogens with zero attached hydrogens (tertiary/aromatic N) is 3. The molecule has 1 aliphatic heterocycles. The van der Waals surface area contributed by atoms with Crippen molar-refractivity contribution in [1.29, 1.82) is 0 Å². The van der Waals surface area contributed by atoms with Crippen molar-refractivity contribution >= 4 is 6.72 Å². The summed E-state index contributed by atoms with van der Waals surface area (Å²) in [6, 6.07) is 8.56. The first-order chi connectivity index (χ1) is 9.36. The summed E-state index contributed by atoms with van der Waals surface area (Å²) in [7, 11) is 0. The van der Waals surface area contributed by atoms with Gasteiger partial charge in [-0.15, -0.1) is 0 Å². The van der Waals surface area contributed by atoms with Crippen LogP contribution >= 0.6 is 0 Å². The Balaban J connectivity index is 2.22. The molecule has 1 aliphatic rings. The zero-order valence-corrected chi connectivity index (χ0v) is 10.8. The third-order valence-corrected chi connectivity index (χ3v) is 3.39. The van der Waals surface area contributed by atoms with Crippen LogP contribution in [0, 0.1) is 0 Å². The largest absolute Gasteiger partial charge is 0.319 e. The van der Waals surface area contributed by atoms with Gasteiger partial charge in [-0.25, -0.2) is 4.98 Å². The van der Waals surface area contributed by atoms with Crippen LogP contribution in [0.5, 0.6) is 0 Å². The Morgan fingerprint density at radius 1 is 1.42 bits per heavy atom. The molecule has 0 radical (unpaired) electrons. The number of rotatable bonds is 3. The van der Waals surface area contributed by atoms with Crippen molar-refractivity contribution in [1.82, 2.24) is 9.55 Å². The average Bonchev–Trinajstić information content (AvgIpc) is 2.98. The van der Waals surface area contributed by atoms with E-state index in [0.717, 1.165) is 11.3 Å². The topological polar surface area (TPSA) is 30.2 Å². The molecule has 1 atom stereocenters. The zero-order valence-electron chi connectivity index (χ0n) is 10.8. The molecule has 0 aliphatic carbocycles. The van der Waals surface area contributed by atoms with Crippen molar-refractivity contribution in [2.24, 2.45) is 4.99 Å². The Morgan fingerprint density at radius 3 is 3.05 bits per heavy atom. The van der Waals surface area contributed by atoms with E-state index in [-0.39, 0.29) is 6.04 Å². The van der Waals surface area contributed by atoms with E-state index in [4.69, 9.17) is 0 Å². The number of aliphatic imine (C=N–C) groups is 1. The second-order valence-electron chi connectivity index (χ2n) is 4.49. The highest BCUT2D eigenvalue weighted by Crippen LogP contribution is 2.42. The normalized spacial score (nSPS) is 17.5. The molecular weight excluding hydrogens is 234 g/mol. The van der Waals surface area contributed by atoms with E-state index < -0.39 is 0 Å². The lowest BCUT2D eigenvalue weighted by Gasteiger charge is -2.15. The molecule has 0 bridgehead atoms. The Kier molecular flexibility index (Phi) is 2.88. The number of aromatic nitrogens is 2. The summed E-state index contributed by atoms with van der Waals surface area (Å²) >= 11 is 0. The monoisotopic (exact) mass is 249 g/mol. The van der Waals surface area contributed by atoms with Gasteiger partial charge in [-0.3, -0.25) is 4.99 Å². The van der Waals surface area contributed by atoms with E-state index >= 15 is 0 Å². The van der Waals surface area contributed by atoms with Gasteiger partial charge in [0.2, 0.25) is 0 Å². The smallest absolute Gasteiger partial charge is 0.0959 e. The maximum atomic E-state index is 4.26. The van der Waals surface area contributed by atoms with E-state index in [1.54, 1.807) is 0 Å². The molecule has 0 saturated carbocycles. The van der Waals surface area contributed by atoms with Crippen LogP contribution in [-0.2, 0) is 0 Å². The first-order valence-electron chi connectivity index (χ1n) is 6.26. The fourth-order valence-corrected chi connectivity index (χ4v) is 2.68. The summed E-state index contributed by atoms with van der Waals surface area (Å²) in [6.45, 7) is 5.58. The lowest BCUT2D eigenvalue weighted by atomic mass is 9.97. The third kappa shape index (κ3) is 1.74. The SMILES string of the molecule is C=N/C=C(\C=C/C)C1c2ccccc2-c2cncn21. The Labute approximate surface area is 112 Å². The molecule has 3 rings (SSSR count). The van der Waals surface area contributed by atoms with Crippen LogP contribution in [0.2, 0.25) is 0 Å². The van der Waals surface area contributed by atoms with Gasteiger partial charge in [0, 0.05) is 11.8 Å². The van der Waals surface area contributed by atoms with Gasteiger partial charge in [0.1, 0.15) is 0 Å². The van der Waals surface area contributed by atoms with Gasteiger partial charge in [-0.2, -0.15) is 0 Å². The molecule has 3 heteroatoms. The molecule has 3 nitrogen and oxygen atoms in total. The lowest BCUT2D eigenvalue weighted by molar-refractivity contribution is 0.709. The molecule has 1 unspecified atom stereocenters. The minimum atomic E-state index is 0.135. The molecule has 0 N–H and O–H groups in total. The molecule has 1 aromatic heterocycles. The van der Waals surface area contributed by atoms with Crippen molar-refractivity contribution in [3.63, 3.8) is 0 Å². The van der Waals surface area contributed by atoms with Gasteiger partial charge in [-0.05, 0) is 24.8 Å². The van der Waals surface area contributed by atoms with Crippen molar-refractivity contribution in [3.05, 3.63) is 66.3 Å². The summed E-state index contributed by atoms with van der Waals surface area (Å²) in [6.07, 6.45) is 9.70. The summed E-state index contributed by atoms with van der Waals surface area (Å²) < 4.78 is 2.18. The highest BCUT2D eigenvalue weighted by atomic mass is 15.1. The number of allylic oxidation sites excluding steroid dienone is 3. The van der Waals surface area contributed by atoms with Crippen LogP contribution in [0.4, 0.5) is 0 Å². The van der Waals surface area contributed by atoms with Crippen molar-refractivity contribution in [2.75, 3.05) is 0 Å². The van der Waals surface area contributed by atoms with Gasteiger partial charge in [0.05, 0.1) is 24.3 Å². The summed E-state index contributed by atoms with van der Waals surface area (Å²) in [5.74, 6) is 0. The molecule has 0 amide bonds. The van der Waals surface area contributed by atoms with Gasteiger partial charge < -0.3 is 4.57 Å². The van der Waals surface area contributed by atoms with Gasteiger partial charge >= 0.3 is 0 Å². The summed E-state index contributed by atoms with van der Waals surface area (Å²) in [4.78, 5) is 8.19. The maximum absolute atomic E-state index is 4.26. The van der Waals surface area contributed by atoms with Crippen LogP contribution in [0.25, 0.3) is 11.3 Å². The predicted octanol–water partition coefficient (Wildman–Crippen LogP) is 3.61. The fraction of sp³-hybridized carbons (Fsp3) is 0.125. The Morgan fingerprint density at radius 2 is 2.26 bits per heavy atom. The second kappa shape index (κ2) is 4.69. The number of fused-ring (bicyclic) bond motifs is 3. The van der Waals surface area contributed by atoms with Crippen LogP contribution in [0.15, 0.2) is 65.7 Å². The molecule has 94 valence electrons. The quantitative estimate of drug-likeness (QED) is 0.603. The molecule has 2 aromatic rings. The molecule has 1 aromatic carbocycles. The fourth-order valence-electron chi connectivity index (χ4n) is 2.68. The van der Waals surface area contributed by atoms with Gasteiger partial charge in [0.25, 0.3) is 0 Å². The number of benzene rings is 1. The van der Waals surface area contributed by atoms with Crippen molar-refractivity contribution in [2.45, 2.75) is 13.0 Å². The van der Waals surface area contributed by atoms with E-state index in [9.17, 15) is 0 Å². The summed E-state index contributed by atoms with van der Waals surface area (Å²) in [5.41, 5.74) is 4.79. The highest BCUT2D eigenvalue weighted by Gasteiger charge is 2.29. The van der Waals surface area contributed by atoms with E-state index in [1.807, 2.05) is 31.7 Å². The highest BCUT2D eigenvalue weighted by molar-refractivity contribution is 5.71. The lowest BCUT2D eigenvalue weighted by Crippen LogP contribution is -2.06. The minimum absolute atomic E-state index is 0.135. The molecule has 0 saturated heterocycles. The van der Waals surface area contributed by atoms with E-state index in [0.29, 0.717) is 0 Å². The molecular formula is C16H15N3. The summed E-state index contributed by atoms with van der Waals surface area (Å²) in [5, 5.41) is 0. The number of hydrogen-bond acceptors (Lipinski definition) is 2. The average molecular weight is 249 g/mol. The Bertz CT molecular complexity index is 677. The Hall–Kier alpha value is -2.42. The molecule has 19 heavy (non-hydrogen) atoms. The first kappa shape index (κ1) is 11.7. The van der Waals surface area contributed by atoms with Crippen LogP contribution in [0.1, 0.15) is 18.5 Å². The maximum Gasteiger partial charge on any atom is 0.0959 e. The number of hydrogen-bond donors (Lipinski definition) is 0. The van der Waals surface area contributed by atoms with Crippen LogP contribution < -0.4 is 0 Å². The van der Waals surface area contributed by atoms with Crippen molar-refractivity contribution in [3.8, 4) is 11.3 Å². The van der Waals surface area contributed by atoms with Crippen molar-refractivity contribution < 1.29 is 0 Å². The van der Waals surface area contributed by atoms with E-state index in [1.165, 1.54) is 11.1 Å². The third-order valence-electron chi connectivity index (χ3n) is 3.39. The second-order valence-corrected chi connectivity index (χ2v) is 4.49. The van der Waals surface area contributed by atoms with E-state index in [2.05, 4.69) is 51.6 Å². The standard InChI is InChI=1S/C16H15N3/c1-3-6-12(9-17-2)16-14-8-5-4-7-13(14)15-10-18-11-19(15)16/h3-11,16H,2H2,1H3/b6-3-,12-9+. The van der Waals surface area contributed by atoms with Gasteiger partial charge in [-0.1, -0.05) is 36.4 Å².